The third-order valence-corrected chi connectivity index (χ3v) is 8.15. The smallest absolute Gasteiger partial charge is 0.416 e. The Morgan fingerprint density at radius 1 is 0.653 bits per heavy atom. The summed E-state index contributed by atoms with van der Waals surface area (Å²) >= 11 is 0. The van der Waals surface area contributed by atoms with Crippen molar-refractivity contribution in [2.45, 2.75) is 44.8 Å². The molecule has 49 heavy (non-hydrogen) atoms. The molecule has 0 fully saturated rings. The number of carboxylic acid groups (broad SMARTS) is 1. The first-order valence-electron chi connectivity index (χ1n) is 15.6. The van der Waals surface area contributed by atoms with Gasteiger partial charge in [0.1, 0.15) is 0 Å². The summed E-state index contributed by atoms with van der Waals surface area (Å²) in [4.78, 5) is 39.2. The molecule has 5 aromatic rings. The third kappa shape index (κ3) is 8.61. The van der Waals surface area contributed by atoms with Crippen molar-refractivity contribution < 1.29 is 32.7 Å². The first-order chi connectivity index (χ1) is 23.2. The zero-order valence-electron chi connectivity index (χ0n) is 27.1. The minimum atomic E-state index is -4.58. The maximum atomic E-state index is 14.0. The van der Waals surface area contributed by atoms with Crippen LogP contribution in [0.5, 0.6) is 0 Å². The first kappa shape index (κ1) is 34.6. The van der Waals surface area contributed by atoms with Crippen molar-refractivity contribution in [1.82, 2.24) is 5.32 Å². The zero-order chi connectivity index (χ0) is 35.3. The Labute approximate surface area is 282 Å². The van der Waals surface area contributed by atoms with Crippen molar-refractivity contribution in [2.75, 3.05) is 5.32 Å². The van der Waals surface area contributed by atoms with Gasteiger partial charge >= 0.3 is 12.1 Å². The molecule has 0 bridgehead atoms. The second-order valence-corrected chi connectivity index (χ2v) is 12.7. The van der Waals surface area contributed by atoms with E-state index >= 15 is 0 Å². The van der Waals surface area contributed by atoms with E-state index in [0.717, 1.165) is 28.8 Å². The van der Waals surface area contributed by atoms with Crippen LogP contribution in [0.25, 0.3) is 22.3 Å². The van der Waals surface area contributed by atoms with Crippen LogP contribution in [0.2, 0.25) is 0 Å². The number of nitrogens with one attached hydrogen (secondary N) is 2. The van der Waals surface area contributed by atoms with E-state index in [1.165, 1.54) is 30.3 Å². The van der Waals surface area contributed by atoms with E-state index in [2.05, 4.69) is 10.6 Å². The van der Waals surface area contributed by atoms with Crippen LogP contribution in [0.15, 0.2) is 121 Å². The fourth-order valence-electron chi connectivity index (χ4n) is 5.41. The van der Waals surface area contributed by atoms with Gasteiger partial charge in [-0.05, 0) is 75.2 Å². The lowest BCUT2D eigenvalue weighted by Crippen LogP contribution is -2.31. The summed E-state index contributed by atoms with van der Waals surface area (Å²) in [5.74, 6) is -2.37. The molecule has 0 heterocycles. The van der Waals surface area contributed by atoms with Gasteiger partial charge in [0.05, 0.1) is 29.3 Å². The van der Waals surface area contributed by atoms with Crippen molar-refractivity contribution in [1.29, 1.82) is 0 Å². The number of halogens is 3. The standard InChI is InChI=1S/C40H35F3N2O4/c1-39(2,3)31-19-16-28(17-20-31)37(48)44-34-21-18-30(29-10-7-11-32(22-29)40(41,42)43)23-33(34)38(49)45-35(24-36(46)47)27-14-12-26(13-15-27)25-8-5-4-6-9-25/h4-23,35H,24H2,1-3H3,(H,44,48)(H,45,49)(H,46,47). The quantitative estimate of drug-likeness (QED) is 0.146. The van der Waals surface area contributed by atoms with E-state index in [9.17, 15) is 32.7 Å². The molecule has 2 amide bonds. The van der Waals surface area contributed by atoms with E-state index in [1.54, 1.807) is 24.3 Å². The molecule has 9 heteroatoms. The molecule has 0 radical (unpaired) electrons. The zero-order valence-corrected chi connectivity index (χ0v) is 27.1. The summed E-state index contributed by atoms with van der Waals surface area (Å²) in [6.45, 7) is 6.15. The summed E-state index contributed by atoms with van der Waals surface area (Å²) < 4.78 is 40.6. The first-order valence-corrected chi connectivity index (χ1v) is 15.6. The van der Waals surface area contributed by atoms with E-state index in [0.29, 0.717) is 16.7 Å². The lowest BCUT2D eigenvalue weighted by atomic mass is 9.86. The topological polar surface area (TPSA) is 95.5 Å². The number of anilines is 1. The molecule has 0 spiro atoms. The maximum absolute atomic E-state index is 14.0. The number of carbonyl (C=O) groups excluding carboxylic acids is 2. The van der Waals surface area contributed by atoms with Gasteiger partial charge in [-0.3, -0.25) is 14.4 Å². The Kier molecular flexibility index (Phi) is 10.0. The van der Waals surface area contributed by atoms with Gasteiger partial charge in [-0.1, -0.05) is 106 Å². The van der Waals surface area contributed by atoms with Crippen molar-refractivity contribution in [3.63, 3.8) is 0 Å². The highest BCUT2D eigenvalue weighted by Gasteiger charge is 2.30. The van der Waals surface area contributed by atoms with E-state index < -0.39 is 42.0 Å². The molecule has 1 unspecified atom stereocenters. The van der Waals surface area contributed by atoms with Crippen LogP contribution < -0.4 is 10.6 Å². The van der Waals surface area contributed by atoms with Gasteiger partial charge < -0.3 is 15.7 Å². The predicted octanol–water partition coefficient (Wildman–Crippen LogP) is 9.53. The number of amides is 2. The summed E-state index contributed by atoms with van der Waals surface area (Å²) in [5, 5.41) is 15.3. The van der Waals surface area contributed by atoms with Crippen LogP contribution in [-0.4, -0.2) is 22.9 Å². The van der Waals surface area contributed by atoms with Gasteiger partial charge in [-0.15, -0.1) is 0 Å². The number of alkyl halides is 3. The summed E-state index contributed by atoms with van der Waals surface area (Å²) in [5.41, 5.74) is 3.34. The van der Waals surface area contributed by atoms with Gasteiger partial charge in [0.2, 0.25) is 0 Å². The van der Waals surface area contributed by atoms with Gasteiger partial charge in [-0.25, -0.2) is 0 Å². The minimum absolute atomic E-state index is 0.0501. The van der Waals surface area contributed by atoms with Crippen molar-refractivity contribution in [3.8, 4) is 22.3 Å². The van der Waals surface area contributed by atoms with Crippen LogP contribution in [0.3, 0.4) is 0 Å². The Balaban J connectivity index is 1.50. The van der Waals surface area contributed by atoms with Crippen LogP contribution in [0, 0.1) is 0 Å². The molecule has 6 nitrogen and oxygen atoms in total. The molecule has 0 saturated heterocycles. The molecule has 0 aliphatic rings. The normalized spacial score (nSPS) is 12.2. The number of hydrogen-bond donors (Lipinski definition) is 3. The van der Waals surface area contributed by atoms with Crippen LogP contribution in [0.4, 0.5) is 18.9 Å². The van der Waals surface area contributed by atoms with E-state index in [1.807, 2.05) is 75.4 Å². The number of benzene rings is 5. The molecule has 1 atom stereocenters. The molecule has 0 aliphatic heterocycles. The Hall–Kier alpha value is -5.70. The summed E-state index contributed by atoms with van der Waals surface area (Å²) in [7, 11) is 0. The number of hydrogen-bond acceptors (Lipinski definition) is 3. The second kappa shape index (κ2) is 14.2. The molecule has 5 aromatic carbocycles. The monoisotopic (exact) mass is 664 g/mol. The molecule has 0 saturated carbocycles. The molecule has 0 aliphatic carbocycles. The second-order valence-electron chi connectivity index (χ2n) is 12.7. The van der Waals surface area contributed by atoms with Gasteiger partial charge in [0.15, 0.2) is 0 Å². The van der Waals surface area contributed by atoms with Gasteiger partial charge in [-0.2, -0.15) is 13.2 Å². The highest BCUT2D eigenvalue weighted by molar-refractivity contribution is 6.09. The molecular formula is C40H35F3N2O4. The Bertz CT molecular complexity index is 1960. The van der Waals surface area contributed by atoms with Gasteiger partial charge in [0.25, 0.3) is 11.8 Å². The molecule has 250 valence electrons. The maximum Gasteiger partial charge on any atom is 0.416 e. The lowest BCUT2D eigenvalue weighted by molar-refractivity contribution is -0.138. The molecule has 0 aromatic heterocycles. The number of rotatable bonds is 9. The van der Waals surface area contributed by atoms with Crippen molar-refractivity contribution >= 4 is 23.5 Å². The fraction of sp³-hybridized carbons (Fsp3) is 0.175. The predicted molar refractivity (Wildman–Crippen MR) is 184 cm³/mol. The highest BCUT2D eigenvalue weighted by Crippen LogP contribution is 2.34. The highest BCUT2D eigenvalue weighted by atomic mass is 19.4. The SMILES string of the molecule is CC(C)(C)c1ccc(C(=O)Nc2ccc(-c3cccc(C(F)(F)F)c3)cc2C(=O)NC(CC(=O)O)c2ccc(-c3ccccc3)cc2)cc1. The number of carbonyl (C=O) groups is 3. The van der Waals surface area contributed by atoms with Crippen LogP contribution >= 0.6 is 0 Å². The number of aliphatic carboxylic acids is 1. The van der Waals surface area contributed by atoms with Crippen molar-refractivity contribution in [3.05, 3.63) is 149 Å². The van der Waals surface area contributed by atoms with Crippen molar-refractivity contribution in [2.24, 2.45) is 0 Å². The summed E-state index contributed by atoms with van der Waals surface area (Å²) in [6.07, 6.45) is -5.02. The minimum Gasteiger partial charge on any atom is -0.481 e. The average molecular weight is 665 g/mol. The lowest BCUT2D eigenvalue weighted by Gasteiger charge is -2.20. The summed E-state index contributed by atoms with van der Waals surface area (Å²) in [6, 6.07) is 31.9. The fourth-order valence-corrected chi connectivity index (χ4v) is 5.41. The molecule has 5 rings (SSSR count). The molecular weight excluding hydrogens is 629 g/mol. The Morgan fingerprint density at radius 2 is 1.24 bits per heavy atom. The van der Waals surface area contributed by atoms with Crippen LogP contribution in [-0.2, 0) is 16.4 Å². The van der Waals surface area contributed by atoms with E-state index in [4.69, 9.17) is 0 Å². The third-order valence-electron chi connectivity index (χ3n) is 8.15. The van der Waals surface area contributed by atoms with Gasteiger partial charge in [0, 0.05) is 5.56 Å². The Morgan fingerprint density at radius 3 is 1.86 bits per heavy atom. The number of carboxylic acids is 1. The van der Waals surface area contributed by atoms with E-state index in [-0.39, 0.29) is 22.2 Å². The molecule has 3 N–H and O–H groups in total. The average Bonchev–Trinajstić information content (AvgIpc) is 3.07. The van der Waals surface area contributed by atoms with Crippen LogP contribution in [0.1, 0.15) is 70.6 Å². The largest absolute Gasteiger partial charge is 0.481 e.